The van der Waals surface area contributed by atoms with Gasteiger partial charge in [0.05, 0.1) is 5.69 Å². The molecule has 0 aliphatic heterocycles. The minimum atomic E-state index is -0.570. The molecule has 0 bridgehead atoms. The Kier molecular flexibility index (Phi) is 2.68. The van der Waals surface area contributed by atoms with Crippen molar-refractivity contribution in [2.75, 3.05) is 0 Å². The van der Waals surface area contributed by atoms with Gasteiger partial charge < -0.3 is 0 Å². The monoisotopic (exact) mass is 306 g/mol. The number of hydrogen-bond donors (Lipinski definition) is 0. The van der Waals surface area contributed by atoms with Crippen LogP contribution >= 0.6 is 11.6 Å². The summed E-state index contributed by atoms with van der Waals surface area (Å²) < 4.78 is 28.4. The third-order valence-corrected chi connectivity index (χ3v) is 3.97. The zero-order chi connectivity index (χ0) is 14.6. The standard InChI is InChI=1S/C14H9ClF2N4/c15-13-5-12(21-14(20-13)18-6-19-21)10-4-9(10)8-2-1-7(16)3-11(8)17/h1-3,5-6,9-10H,4H2/t9-,10+/m1/s1. The van der Waals surface area contributed by atoms with Crippen LogP contribution < -0.4 is 0 Å². The van der Waals surface area contributed by atoms with Crippen LogP contribution in [0.5, 0.6) is 0 Å². The summed E-state index contributed by atoms with van der Waals surface area (Å²) in [5, 5.41) is 4.45. The molecule has 21 heavy (non-hydrogen) atoms. The lowest BCUT2D eigenvalue weighted by Crippen LogP contribution is -2.01. The molecule has 0 N–H and O–H groups in total. The molecule has 0 spiro atoms. The summed E-state index contributed by atoms with van der Waals surface area (Å²) >= 11 is 5.98. The summed E-state index contributed by atoms with van der Waals surface area (Å²) in [6.07, 6.45) is 2.16. The summed E-state index contributed by atoms with van der Waals surface area (Å²) in [6, 6.07) is 5.40. The Morgan fingerprint density at radius 2 is 2.05 bits per heavy atom. The second-order valence-corrected chi connectivity index (χ2v) is 5.48. The summed E-state index contributed by atoms with van der Waals surface area (Å²) in [7, 11) is 0. The Bertz CT molecular complexity index is 848. The van der Waals surface area contributed by atoms with E-state index < -0.39 is 11.6 Å². The van der Waals surface area contributed by atoms with Crippen molar-refractivity contribution in [1.29, 1.82) is 0 Å². The predicted octanol–water partition coefficient (Wildman–Crippen LogP) is 3.33. The van der Waals surface area contributed by atoms with Crippen LogP contribution in [0.25, 0.3) is 5.78 Å². The zero-order valence-corrected chi connectivity index (χ0v) is 11.4. The van der Waals surface area contributed by atoms with Crippen molar-refractivity contribution < 1.29 is 8.78 Å². The lowest BCUT2D eigenvalue weighted by molar-refractivity contribution is 0.571. The van der Waals surface area contributed by atoms with Crippen molar-refractivity contribution in [1.82, 2.24) is 19.6 Å². The number of rotatable bonds is 2. The SMILES string of the molecule is Fc1ccc([C@H]2C[C@@H]2c2cc(Cl)nc3ncnn23)c(F)c1. The highest BCUT2D eigenvalue weighted by atomic mass is 35.5. The summed E-state index contributed by atoms with van der Waals surface area (Å²) in [5.41, 5.74) is 1.36. The van der Waals surface area contributed by atoms with E-state index in [0.29, 0.717) is 16.5 Å². The highest BCUT2D eigenvalue weighted by molar-refractivity contribution is 6.29. The third-order valence-electron chi connectivity index (χ3n) is 3.78. The van der Waals surface area contributed by atoms with Gasteiger partial charge in [0.25, 0.3) is 5.78 Å². The van der Waals surface area contributed by atoms with Crippen molar-refractivity contribution in [3.8, 4) is 0 Å². The van der Waals surface area contributed by atoms with Gasteiger partial charge in [-0.05, 0) is 30.0 Å². The molecule has 2 aromatic heterocycles. The Balaban J connectivity index is 1.74. The van der Waals surface area contributed by atoms with Gasteiger partial charge in [-0.25, -0.2) is 13.3 Å². The highest BCUT2D eigenvalue weighted by Gasteiger charge is 2.43. The van der Waals surface area contributed by atoms with Gasteiger partial charge in [0.1, 0.15) is 23.1 Å². The Morgan fingerprint density at radius 1 is 1.19 bits per heavy atom. The van der Waals surface area contributed by atoms with Crippen molar-refractivity contribution in [3.63, 3.8) is 0 Å². The molecule has 1 aliphatic carbocycles. The minimum Gasteiger partial charge on any atom is -0.207 e. The van der Waals surface area contributed by atoms with E-state index in [1.165, 1.54) is 18.5 Å². The van der Waals surface area contributed by atoms with Crippen LogP contribution in [0.15, 0.2) is 30.6 Å². The maximum atomic E-state index is 13.9. The molecule has 0 amide bonds. The van der Waals surface area contributed by atoms with E-state index >= 15 is 0 Å². The first kappa shape index (κ1) is 12.6. The molecule has 3 aromatic rings. The van der Waals surface area contributed by atoms with Crippen LogP contribution in [0.3, 0.4) is 0 Å². The summed E-state index contributed by atoms with van der Waals surface area (Å²) in [5.74, 6) is -0.592. The van der Waals surface area contributed by atoms with Gasteiger partial charge in [-0.3, -0.25) is 0 Å². The lowest BCUT2D eigenvalue weighted by atomic mass is 10.1. The maximum absolute atomic E-state index is 13.9. The molecule has 106 valence electrons. The Labute approximate surface area is 123 Å². The average molecular weight is 307 g/mol. The molecule has 7 heteroatoms. The Morgan fingerprint density at radius 3 is 2.86 bits per heavy atom. The van der Waals surface area contributed by atoms with Crippen molar-refractivity contribution in [2.45, 2.75) is 18.3 Å². The van der Waals surface area contributed by atoms with Crippen LogP contribution in [-0.4, -0.2) is 19.6 Å². The van der Waals surface area contributed by atoms with Gasteiger partial charge in [-0.15, -0.1) is 0 Å². The van der Waals surface area contributed by atoms with Gasteiger partial charge in [0.15, 0.2) is 0 Å². The van der Waals surface area contributed by atoms with E-state index in [1.807, 2.05) is 0 Å². The van der Waals surface area contributed by atoms with Crippen LogP contribution in [0.2, 0.25) is 5.15 Å². The molecule has 0 saturated heterocycles. The third kappa shape index (κ3) is 2.06. The molecule has 1 aliphatic rings. The van der Waals surface area contributed by atoms with Gasteiger partial charge in [0, 0.05) is 12.0 Å². The number of aromatic nitrogens is 4. The van der Waals surface area contributed by atoms with Gasteiger partial charge >= 0.3 is 0 Å². The first-order valence-corrected chi connectivity index (χ1v) is 6.82. The van der Waals surface area contributed by atoms with E-state index in [2.05, 4.69) is 15.1 Å². The van der Waals surface area contributed by atoms with Crippen LogP contribution in [0, 0.1) is 11.6 Å². The fourth-order valence-corrected chi connectivity index (χ4v) is 2.92. The van der Waals surface area contributed by atoms with Crippen molar-refractivity contribution in [2.24, 2.45) is 0 Å². The number of nitrogens with zero attached hydrogens (tertiary/aromatic N) is 4. The molecule has 0 radical (unpaired) electrons. The molecule has 2 heterocycles. The highest BCUT2D eigenvalue weighted by Crippen LogP contribution is 2.55. The first-order valence-electron chi connectivity index (χ1n) is 6.44. The molecule has 1 fully saturated rings. The number of fused-ring (bicyclic) bond motifs is 1. The molecule has 0 unspecified atom stereocenters. The summed E-state index contributed by atoms with van der Waals surface area (Å²) in [4.78, 5) is 8.07. The summed E-state index contributed by atoms with van der Waals surface area (Å²) in [6.45, 7) is 0. The quantitative estimate of drug-likeness (QED) is 0.682. The second kappa shape index (κ2) is 4.46. The zero-order valence-electron chi connectivity index (χ0n) is 10.7. The van der Waals surface area contributed by atoms with Crippen molar-refractivity contribution >= 4 is 17.4 Å². The molecule has 4 rings (SSSR count). The molecule has 1 aromatic carbocycles. The molecule has 4 nitrogen and oxygen atoms in total. The topological polar surface area (TPSA) is 43.1 Å². The van der Waals surface area contributed by atoms with Gasteiger partial charge in [-0.1, -0.05) is 17.7 Å². The number of benzene rings is 1. The number of halogens is 3. The smallest absolute Gasteiger partial charge is 0.207 e. The van der Waals surface area contributed by atoms with Crippen LogP contribution in [0.4, 0.5) is 8.78 Å². The largest absolute Gasteiger partial charge is 0.253 e. The van der Waals surface area contributed by atoms with E-state index in [0.717, 1.165) is 18.2 Å². The van der Waals surface area contributed by atoms with Gasteiger partial charge in [0.2, 0.25) is 0 Å². The first-order chi connectivity index (χ1) is 10.1. The van der Waals surface area contributed by atoms with E-state index in [4.69, 9.17) is 11.6 Å². The van der Waals surface area contributed by atoms with Gasteiger partial charge in [-0.2, -0.15) is 15.1 Å². The normalized spacial score (nSPS) is 20.9. The van der Waals surface area contributed by atoms with E-state index in [-0.39, 0.29) is 11.8 Å². The minimum absolute atomic E-state index is 0.00327. The second-order valence-electron chi connectivity index (χ2n) is 5.09. The van der Waals surface area contributed by atoms with Crippen LogP contribution in [-0.2, 0) is 0 Å². The maximum Gasteiger partial charge on any atom is 0.253 e. The van der Waals surface area contributed by atoms with E-state index in [9.17, 15) is 8.78 Å². The fraction of sp³-hybridized carbons (Fsp3) is 0.214. The fourth-order valence-electron chi connectivity index (χ4n) is 2.74. The molecule has 1 saturated carbocycles. The van der Waals surface area contributed by atoms with Crippen molar-refractivity contribution in [3.05, 3.63) is 58.6 Å². The van der Waals surface area contributed by atoms with E-state index in [1.54, 1.807) is 10.6 Å². The number of hydrogen-bond acceptors (Lipinski definition) is 3. The predicted molar refractivity (Wildman–Crippen MR) is 72.2 cm³/mol. The average Bonchev–Trinajstić information content (AvgIpc) is 3.07. The Hall–Kier alpha value is -2.08. The van der Waals surface area contributed by atoms with Crippen LogP contribution in [0.1, 0.15) is 29.5 Å². The molecule has 2 atom stereocenters. The molecular formula is C14H9ClF2N4. The lowest BCUT2D eigenvalue weighted by Gasteiger charge is -2.05. The molecular weight excluding hydrogens is 298 g/mol.